The van der Waals surface area contributed by atoms with Crippen LogP contribution in [0.2, 0.25) is 0 Å². The maximum Gasteiger partial charge on any atom is 0.337 e. The topological polar surface area (TPSA) is 81.7 Å². The van der Waals surface area contributed by atoms with E-state index >= 15 is 0 Å². The number of phenolic OH excluding ortho intramolecular Hbond substituents is 1. The molecule has 2 aliphatic heterocycles. The quantitative estimate of drug-likeness (QED) is 0.477. The fourth-order valence-corrected chi connectivity index (χ4v) is 3.91. The van der Waals surface area contributed by atoms with Gasteiger partial charge in [-0.15, -0.1) is 0 Å². The Balaban J connectivity index is 1.58. The molecule has 0 unspecified atom stereocenters. The molecule has 0 amide bonds. The van der Waals surface area contributed by atoms with Crippen molar-refractivity contribution in [3.05, 3.63) is 64.4 Å². The highest BCUT2D eigenvalue weighted by molar-refractivity contribution is 6.15. The van der Waals surface area contributed by atoms with E-state index < -0.39 is 5.97 Å². The van der Waals surface area contributed by atoms with Gasteiger partial charge in [0.2, 0.25) is 5.78 Å². The number of benzene rings is 2. The number of esters is 1. The van der Waals surface area contributed by atoms with Crippen LogP contribution in [0.1, 0.15) is 31.8 Å². The Morgan fingerprint density at radius 3 is 2.50 bits per heavy atom. The van der Waals surface area contributed by atoms with Gasteiger partial charge in [-0.3, -0.25) is 4.79 Å². The van der Waals surface area contributed by atoms with Gasteiger partial charge in [-0.05, 0) is 35.9 Å². The van der Waals surface area contributed by atoms with Crippen molar-refractivity contribution >= 4 is 17.8 Å². The van der Waals surface area contributed by atoms with Gasteiger partial charge in [0, 0.05) is 0 Å². The number of likely N-dealkylation sites (N-methyl/N-ethyl adjacent to an activating group) is 1. The van der Waals surface area contributed by atoms with Crippen LogP contribution in [0.25, 0.3) is 6.08 Å². The summed E-state index contributed by atoms with van der Waals surface area (Å²) in [5, 5.41) is 10.5. The standard InChI is InChI=1S/C23H24N2O5/c1-24-9-11-25(12-10-24)14-18-19(26)8-7-17-21(27)20(30-22(17)18)13-15-3-5-16(6-4-15)23(28)29-2/h3-8,13,26H,9-12,14H2,1-2H3/p+2/b20-13-. The third kappa shape index (κ3) is 3.94. The molecule has 7 nitrogen and oxygen atoms in total. The van der Waals surface area contributed by atoms with E-state index in [1.807, 2.05) is 0 Å². The summed E-state index contributed by atoms with van der Waals surface area (Å²) in [6, 6.07) is 9.93. The van der Waals surface area contributed by atoms with E-state index in [9.17, 15) is 14.7 Å². The normalized spacial score (nSPS) is 21.9. The monoisotopic (exact) mass is 410 g/mol. The van der Waals surface area contributed by atoms with Gasteiger partial charge in [0.15, 0.2) is 11.5 Å². The smallest absolute Gasteiger partial charge is 0.337 e. The number of hydrogen-bond donors (Lipinski definition) is 3. The minimum Gasteiger partial charge on any atom is -0.507 e. The Morgan fingerprint density at radius 1 is 1.13 bits per heavy atom. The summed E-state index contributed by atoms with van der Waals surface area (Å²) in [6.45, 7) is 4.81. The zero-order chi connectivity index (χ0) is 21.3. The molecular formula is C23H26N2O5+2. The minimum absolute atomic E-state index is 0.156. The Hall–Kier alpha value is -3.16. The van der Waals surface area contributed by atoms with Gasteiger partial charge in [-0.1, -0.05) is 12.1 Å². The number of hydrogen-bond acceptors (Lipinski definition) is 5. The third-order valence-corrected chi connectivity index (χ3v) is 5.78. The molecule has 2 aromatic carbocycles. The Labute approximate surface area is 175 Å². The van der Waals surface area contributed by atoms with Crippen LogP contribution in [-0.2, 0) is 11.3 Å². The van der Waals surface area contributed by atoms with Crippen molar-refractivity contribution in [2.24, 2.45) is 0 Å². The van der Waals surface area contributed by atoms with Crippen LogP contribution in [0.4, 0.5) is 0 Å². The second kappa shape index (κ2) is 8.30. The summed E-state index contributed by atoms with van der Waals surface area (Å²) in [5.41, 5.74) is 2.32. The Morgan fingerprint density at radius 2 is 1.83 bits per heavy atom. The van der Waals surface area contributed by atoms with Gasteiger partial charge in [-0.2, -0.15) is 0 Å². The molecule has 0 atom stereocenters. The molecule has 1 fully saturated rings. The fraction of sp³-hybridized carbons (Fsp3) is 0.304. The molecule has 0 aliphatic carbocycles. The van der Waals surface area contributed by atoms with Gasteiger partial charge >= 0.3 is 5.97 Å². The van der Waals surface area contributed by atoms with Crippen LogP contribution in [-0.4, -0.2) is 57.2 Å². The summed E-state index contributed by atoms with van der Waals surface area (Å²) in [4.78, 5) is 27.3. The average Bonchev–Trinajstić information content (AvgIpc) is 3.07. The number of Topliss-reactive ketones (excluding diaryl/α,β-unsaturated/α-hetero) is 1. The van der Waals surface area contributed by atoms with E-state index in [0.717, 1.165) is 31.7 Å². The number of ketones is 1. The molecule has 2 aromatic rings. The van der Waals surface area contributed by atoms with Crippen LogP contribution in [0, 0.1) is 0 Å². The van der Waals surface area contributed by atoms with E-state index in [4.69, 9.17) is 9.47 Å². The van der Waals surface area contributed by atoms with Crippen molar-refractivity contribution in [1.82, 2.24) is 0 Å². The van der Waals surface area contributed by atoms with Gasteiger partial charge in [-0.25, -0.2) is 4.79 Å². The number of quaternary nitrogens is 2. The summed E-state index contributed by atoms with van der Waals surface area (Å²) in [6.07, 6.45) is 1.65. The minimum atomic E-state index is -0.414. The predicted octanol–water partition coefficient (Wildman–Crippen LogP) is -0.292. The van der Waals surface area contributed by atoms with E-state index in [1.165, 1.54) is 16.9 Å². The van der Waals surface area contributed by atoms with Crippen LogP contribution in [0.5, 0.6) is 11.5 Å². The van der Waals surface area contributed by atoms with E-state index in [2.05, 4.69) is 7.05 Å². The highest BCUT2D eigenvalue weighted by atomic mass is 16.5. The molecule has 0 bridgehead atoms. The molecule has 0 radical (unpaired) electrons. The number of carbonyl (C=O) groups is 2. The number of aromatic hydroxyl groups is 1. The fourth-order valence-electron chi connectivity index (χ4n) is 3.91. The van der Waals surface area contributed by atoms with Crippen molar-refractivity contribution in [2.45, 2.75) is 6.54 Å². The van der Waals surface area contributed by atoms with Crippen LogP contribution in [0.3, 0.4) is 0 Å². The van der Waals surface area contributed by atoms with E-state index in [0.29, 0.717) is 29.0 Å². The molecule has 0 spiro atoms. The molecule has 3 N–H and O–H groups in total. The molecular weight excluding hydrogens is 384 g/mol. The van der Waals surface area contributed by atoms with Crippen LogP contribution >= 0.6 is 0 Å². The maximum atomic E-state index is 12.9. The van der Waals surface area contributed by atoms with Gasteiger partial charge < -0.3 is 24.4 Å². The summed E-state index contributed by atoms with van der Waals surface area (Å²) >= 11 is 0. The molecule has 156 valence electrons. The Bertz CT molecular complexity index is 1000. The number of ether oxygens (including phenoxy) is 2. The number of phenols is 1. The number of methoxy groups -OCH3 is 1. The van der Waals surface area contributed by atoms with E-state index in [1.54, 1.807) is 42.5 Å². The summed E-state index contributed by atoms with van der Waals surface area (Å²) < 4.78 is 10.6. The SMILES string of the molecule is COC(=O)c1ccc(/C=C2\Oc3c(ccc(O)c3C[NH+]3CC[NH+](C)CC3)C2=O)cc1. The molecule has 7 heteroatoms. The second-order valence-electron chi connectivity index (χ2n) is 7.88. The van der Waals surface area contributed by atoms with E-state index in [-0.39, 0.29) is 17.3 Å². The first-order valence-corrected chi connectivity index (χ1v) is 10.1. The van der Waals surface area contributed by atoms with Crippen LogP contribution in [0.15, 0.2) is 42.2 Å². The maximum absolute atomic E-state index is 12.9. The number of rotatable bonds is 4. The summed E-state index contributed by atoms with van der Waals surface area (Å²) in [7, 11) is 3.52. The first kappa shape index (κ1) is 20.1. The highest BCUT2D eigenvalue weighted by Crippen LogP contribution is 2.39. The lowest BCUT2D eigenvalue weighted by Gasteiger charge is -2.27. The lowest BCUT2D eigenvalue weighted by atomic mass is 10.0. The molecule has 4 rings (SSSR count). The Kier molecular flexibility index (Phi) is 5.57. The van der Waals surface area contributed by atoms with Crippen molar-refractivity contribution in [3.63, 3.8) is 0 Å². The zero-order valence-electron chi connectivity index (χ0n) is 17.2. The van der Waals surface area contributed by atoms with Crippen molar-refractivity contribution in [2.75, 3.05) is 40.3 Å². The number of fused-ring (bicyclic) bond motifs is 1. The lowest BCUT2D eigenvalue weighted by molar-refractivity contribution is -1.01. The highest BCUT2D eigenvalue weighted by Gasteiger charge is 2.33. The molecule has 0 saturated carbocycles. The number of piperazine rings is 1. The lowest BCUT2D eigenvalue weighted by Crippen LogP contribution is -3.26. The predicted molar refractivity (Wildman–Crippen MR) is 110 cm³/mol. The van der Waals surface area contributed by atoms with Crippen molar-refractivity contribution in [1.29, 1.82) is 0 Å². The average molecular weight is 410 g/mol. The molecule has 30 heavy (non-hydrogen) atoms. The van der Waals surface area contributed by atoms with Crippen molar-refractivity contribution < 1.29 is 34.0 Å². The first-order chi connectivity index (χ1) is 14.5. The molecule has 2 heterocycles. The first-order valence-electron chi connectivity index (χ1n) is 10.1. The number of allylic oxidation sites excluding steroid dienone is 1. The number of carbonyl (C=O) groups excluding carboxylic acids is 2. The van der Waals surface area contributed by atoms with Gasteiger partial charge in [0.25, 0.3) is 0 Å². The largest absolute Gasteiger partial charge is 0.507 e. The number of nitrogens with one attached hydrogen (secondary N) is 2. The second-order valence-corrected chi connectivity index (χ2v) is 7.88. The van der Waals surface area contributed by atoms with Crippen LogP contribution < -0.4 is 14.5 Å². The van der Waals surface area contributed by atoms with Gasteiger partial charge in [0.05, 0.1) is 30.8 Å². The van der Waals surface area contributed by atoms with Crippen molar-refractivity contribution in [3.8, 4) is 11.5 Å². The zero-order valence-corrected chi connectivity index (χ0v) is 17.2. The molecule has 1 saturated heterocycles. The molecule has 0 aromatic heterocycles. The van der Waals surface area contributed by atoms with Gasteiger partial charge in [0.1, 0.15) is 38.5 Å². The summed E-state index contributed by atoms with van der Waals surface area (Å²) in [5.74, 6) is 0.199. The third-order valence-electron chi connectivity index (χ3n) is 5.78. The molecule has 2 aliphatic rings.